The van der Waals surface area contributed by atoms with E-state index in [0.717, 1.165) is 25.0 Å². The summed E-state index contributed by atoms with van der Waals surface area (Å²) in [6, 6.07) is 4.23. The van der Waals surface area contributed by atoms with Crippen molar-refractivity contribution in [1.29, 1.82) is 0 Å². The molecule has 0 unspecified atom stereocenters. The number of aryl methyl sites for hydroxylation is 1. The third-order valence-electron chi connectivity index (χ3n) is 3.60. The van der Waals surface area contributed by atoms with Crippen LogP contribution in [0.15, 0.2) is 22.8 Å². The minimum Gasteiger partial charge on any atom is -0.469 e. The van der Waals surface area contributed by atoms with Gasteiger partial charge in [-0.05, 0) is 31.9 Å². The molecule has 2 rings (SSSR count). The van der Waals surface area contributed by atoms with Crippen LogP contribution in [0, 0.1) is 0 Å². The maximum atomic E-state index is 12.3. The second-order valence-corrected chi connectivity index (χ2v) is 5.52. The van der Waals surface area contributed by atoms with Crippen LogP contribution in [0.4, 0.5) is 13.2 Å². The Morgan fingerprint density at radius 2 is 2.30 bits per heavy atom. The average Bonchev–Trinajstić information content (AvgIpc) is 2.96. The molecule has 20 heavy (non-hydrogen) atoms. The van der Waals surface area contributed by atoms with Gasteiger partial charge in [0.05, 0.1) is 12.8 Å². The summed E-state index contributed by atoms with van der Waals surface area (Å²) < 4.78 is 42.2. The molecule has 1 saturated heterocycles. The number of halogens is 3. The molecule has 114 valence electrons. The van der Waals surface area contributed by atoms with Gasteiger partial charge in [0.2, 0.25) is 0 Å². The van der Waals surface area contributed by atoms with E-state index in [1.165, 1.54) is 4.90 Å². The molecule has 1 aliphatic heterocycles. The molecule has 1 fully saturated rings. The lowest BCUT2D eigenvalue weighted by atomic mass is 10.1. The fraction of sp³-hybridized carbons (Fsp3) is 0.714. The summed E-state index contributed by atoms with van der Waals surface area (Å²) in [5, 5.41) is 3.41. The van der Waals surface area contributed by atoms with Crippen molar-refractivity contribution in [2.75, 3.05) is 19.6 Å². The molecule has 0 saturated carbocycles. The van der Waals surface area contributed by atoms with Crippen LogP contribution in [-0.2, 0) is 6.42 Å². The SMILES string of the molecule is C[C@H](CCc1ccco1)N[C@@H]1CCN(CC(F)(F)F)C1. The minimum absolute atomic E-state index is 0.156. The van der Waals surface area contributed by atoms with E-state index in [0.29, 0.717) is 13.1 Å². The molecule has 1 N–H and O–H groups in total. The number of rotatable bonds is 6. The molecule has 0 spiro atoms. The number of alkyl halides is 3. The number of likely N-dealkylation sites (tertiary alicyclic amines) is 1. The van der Waals surface area contributed by atoms with E-state index in [9.17, 15) is 13.2 Å². The van der Waals surface area contributed by atoms with Gasteiger partial charge in [-0.25, -0.2) is 0 Å². The lowest BCUT2D eigenvalue weighted by Crippen LogP contribution is -2.40. The quantitative estimate of drug-likeness (QED) is 0.873. The normalized spacial score (nSPS) is 22.3. The first kappa shape index (κ1) is 15.4. The summed E-state index contributed by atoms with van der Waals surface area (Å²) >= 11 is 0. The van der Waals surface area contributed by atoms with Crippen molar-refractivity contribution in [3.63, 3.8) is 0 Å². The highest BCUT2D eigenvalue weighted by Gasteiger charge is 2.34. The van der Waals surface area contributed by atoms with Crippen LogP contribution in [0.1, 0.15) is 25.5 Å². The summed E-state index contributed by atoms with van der Waals surface area (Å²) in [5.74, 6) is 0.948. The third-order valence-corrected chi connectivity index (χ3v) is 3.60. The van der Waals surface area contributed by atoms with Gasteiger partial charge in [-0.1, -0.05) is 0 Å². The smallest absolute Gasteiger partial charge is 0.401 e. The number of hydrogen-bond donors (Lipinski definition) is 1. The van der Waals surface area contributed by atoms with E-state index in [1.807, 2.05) is 12.1 Å². The predicted molar refractivity (Wildman–Crippen MR) is 70.5 cm³/mol. The highest BCUT2D eigenvalue weighted by Crippen LogP contribution is 2.20. The maximum Gasteiger partial charge on any atom is 0.401 e. The summed E-state index contributed by atoms with van der Waals surface area (Å²) in [4.78, 5) is 1.47. The van der Waals surface area contributed by atoms with Crippen molar-refractivity contribution in [2.45, 2.75) is 44.4 Å². The van der Waals surface area contributed by atoms with Gasteiger partial charge in [0.15, 0.2) is 0 Å². The van der Waals surface area contributed by atoms with Crippen molar-refractivity contribution in [2.24, 2.45) is 0 Å². The number of hydrogen-bond acceptors (Lipinski definition) is 3. The van der Waals surface area contributed by atoms with Crippen molar-refractivity contribution in [1.82, 2.24) is 10.2 Å². The van der Waals surface area contributed by atoms with Crippen LogP contribution in [0.25, 0.3) is 0 Å². The Balaban J connectivity index is 1.66. The summed E-state index contributed by atoms with van der Waals surface area (Å²) in [6.45, 7) is 2.26. The van der Waals surface area contributed by atoms with Crippen LogP contribution in [0.3, 0.4) is 0 Å². The average molecular weight is 290 g/mol. The van der Waals surface area contributed by atoms with Crippen molar-refractivity contribution in [3.8, 4) is 0 Å². The molecular weight excluding hydrogens is 269 g/mol. The lowest BCUT2D eigenvalue weighted by Gasteiger charge is -2.21. The largest absolute Gasteiger partial charge is 0.469 e. The molecule has 0 aromatic carbocycles. The van der Waals surface area contributed by atoms with E-state index in [-0.39, 0.29) is 12.1 Å². The van der Waals surface area contributed by atoms with Crippen LogP contribution in [0.2, 0.25) is 0 Å². The summed E-state index contributed by atoms with van der Waals surface area (Å²) in [7, 11) is 0. The maximum absolute atomic E-state index is 12.3. The van der Waals surface area contributed by atoms with Gasteiger partial charge in [0, 0.05) is 31.6 Å². The molecule has 2 atom stereocenters. The fourth-order valence-corrected chi connectivity index (χ4v) is 2.67. The Bertz CT molecular complexity index is 392. The van der Waals surface area contributed by atoms with Crippen molar-refractivity contribution in [3.05, 3.63) is 24.2 Å². The third kappa shape index (κ3) is 5.17. The monoisotopic (exact) mass is 290 g/mol. The Hall–Kier alpha value is -1.01. The Morgan fingerprint density at radius 3 is 2.95 bits per heavy atom. The Labute approximate surface area is 117 Å². The molecule has 0 amide bonds. The van der Waals surface area contributed by atoms with Crippen LogP contribution >= 0.6 is 0 Å². The molecule has 0 radical (unpaired) electrons. The van der Waals surface area contributed by atoms with E-state index < -0.39 is 12.7 Å². The predicted octanol–water partition coefficient (Wildman–Crippen LogP) is 2.83. The van der Waals surface area contributed by atoms with Gasteiger partial charge in [0.1, 0.15) is 5.76 Å². The van der Waals surface area contributed by atoms with E-state index >= 15 is 0 Å². The molecule has 1 aliphatic rings. The first-order valence-corrected chi connectivity index (χ1v) is 7.00. The molecule has 6 heteroatoms. The van der Waals surface area contributed by atoms with E-state index in [2.05, 4.69) is 12.2 Å². The fourth-order valence-electron chi connectivity index (χ4n) is 2.67. The molecule has 0 aliphatic carbocycles. The van der Waals surface area contributed by atoms with Gasteiger partial charge in [-0.15, -0.1) is 0 Å². The first-order chi connectivity index (χ1) is 9.42. The van der Waals surface area contributed by atoms with E-state index in [4.69, 9.17) is 4.42 Å². The van der Waals surface area contributed by atoms with Crippen molar-refractivity contribution >= 4 is 0 Å². The highest BCUT2D eigenvalue weighted by molar-refractivity contribution is 4.98. The van der Waals surface area contributed by atoms with Crippen molar-refractivity contribution < 1.29 is 17.6 Å². The summed E-state index contributed by atoms with van der Waals surface area (Å²) in [5.41, 5.74) is 0. The van der Waals surface area contributed by atoms with Gasteiger partial charge in [-0.2, -0.15) is 13.2 Å². The zero-order chi connectivity index (χ0) is 14.6. The molecule has 3 nitrogen and oxygen atoms in total. The van der Waals surface area contributed by atoms with Crippen LogP contribution < -0.4 is 5.32 Å². The van der Waals surface area contributed by atoms with Gasteiger partial charge < -0.3 is 9.73 Å². The topological polar surface area (TPSA) is 28.4 Å². The zero-order valence-corrected chi connectivity index (χ0v) is 11.6. The first-order valence-electron chi connectivity index (χ1n) is 7.00. The molecule has 1 aromatic heterocycles. The number of nitrogens with zero attached hydrogens (tertiary/aromatic N) is 1. The van der Waals surface area contributed by atoms with Crippen LogP contribution in [0.5, 0.6) is 0 Å². The van der Waals surface area contributed by atoms with Gasteiger partial charge in [0.25, 0.3) is 0 Å². The van der Waals surface area contributed by atoms with Crippen LogP contribution in [-0.4, -0.2) is 42.8 Å². The standard InChI is InChI=1S/C14H21F3N2O/c1-11(4-5-13-3-2-8-20-13)18-12-6-7-19(9-12)10-14(15,16)17/h2-3,8,11-12,18H,4-7,9-10H2,1H3/t11-,12-/m1/s1. The van der Waals surface area contributed by atoms with Gasteiger partial charge >= 0.3 is 6.18 Å². The zero-order valence-electron chi connectivity index (χ0n) is 11.6. The molecule has 0 bridgehead atoms. The molecule has 2 heterocycles. The van der Waals surface area contributed by atoms with E-state index in [1.54, 1.807) is 6.26 Å². The second kappa shape index (κ2) is 6.63. The number of nitrogens with one attached hydrogen (secondary N) is 1. The molecular formula is C14H21F3N2O. The lowest BCUT2D eigenvalue weighted by molar-refractivity contribution is -0.143. The minimum atomic E-state index is -4.10. The van der Waals surface area contributed by atoms with Gasteiger partial charge in [-0.3, -0.25) is 4.90 Å². The summed E-state index contributed by atoms with van der Waals surface area (Å²) in [6.07, 6.45) is 0.101. The number of furan rings is 1. The Kier molecular flexibility index (Phi) is 5.10. The second-order valence-electron chi connectivity index (χ2n) is 5.52. The molecule has 1 aromatic rings. The highest BCUT2D eigenvalue weighted by atomic mass is 19.4. The Morgan fingerprint density at radius 1 is 1.50 bits per heavy atom.